The Morgan fingerprint density at radius 3 is 2.72 bits per heavy atom. The van der Waals surface area contributed by atoms with Gasteiger partial charge in [0, 0.05) is 43.8 Å². The Bertz CT molecular complexity index is 1140. The minimum Gasteiger partial charge on any atom is -0.493 e. The highest BCUT2D eigenvalue weighted by Crippen LogP contribution is 2.27. The first kappa shape index (κ1) is 24.2. The monoisotopic (exact) mass is 477 g/mol. The molecular formula is C21H27N5O4S2. The second-order valence-electron chi connectivity index (χ2n) is 7.36. The van der Waals surface area contributed by atoms with Crippen LogP contribution in [0.15, 0.2) is 42.7 Å². The molecule has 0 amide bonds. The third kappa shape index (κ3) is 6.52. The summed E-state index contributed by atoms with van der Waals surface area (Å²) in [5.41, 5.74) is 3.09. The molecule has 0 spiro atoms. The molecule has 1 aliphatic rings. The van der Waals surface area contributed by atoms with Crippen molar-refractivity contribution in [2.45, 2.75) is 6.10 Å². The first-order chi connectivity index (χ1) is 15.0. The fourth-order valence-electron chi connectivity index (χ4n) is 3.24. The Balaban J connectivity index is 0.00000289. The molecule has 0 radical (unpaired) electrons. The first-order valence-electron chi connectivity index (χ1n) is 10.1. The number of fused-ring (bicyclic) bond motifs is 1. The van der Waals surface area contributed by atoms with Crippen LogP contribution < -0.4 is 15.4 Å². The van der Waals surface area contributed by atoms with Crippen molar-refractivity contribution < 1.29 is 17.9 Å². The largest absolute Gasteiger partial charge is 0.493 e. The van der Waals surface area contributed by atoms with Crippen molar-refractivity contribution in [1.82, 2.24) is 20.3 Å². The van der Waals surface area contributed by atoms with E-state index in [1.165, 1.54) is 6.26 Å². The molecule has 32 heavy (non-hydrogen) atoms. The predicted octanol–water partition coefficient (Wildman–Crippen LogP) is 1.63. The van der Waals surface area contributed by atoms with Crippen LogP contribution in [0.3, 0.4) is 0 Å². The van der Waals surface area contributed by atoms with Gasteiger partial charge in [-0.25, -0.2) is 18.4 Å². The summed E-state index contributed by atoms with van der Waals surface area (Å²) in [5, 5.41) is 6.68. The van der Waals surface area contributed by atoms with Crippen molar-refractivity contribution in [3.63, 3.8) is 0 Å². The maximum absolute atomic E-state index is 11.2. The van der Waals surface area contributed by atoms with Gasteiger partial charge >= 0.3 is 0 Å². The van der Waals surface area contributed by atoms with Crippen molar-refractivity contribution >= 4 is 40.2 Å². The van der Waals surface area contributed by atoms with E-state index in [-0.39, 0.29) is 32.0 Å². The normalized spacial score (nSPS) is 16.3. The average Bonchev–Trinajstić information content (AvgIpc) is 2.77. The van der Waals surface area contributed by atoms with Gasteiger partial charge in [-0.1, -0.05) is 0 Å². The van der Waals surface area contributed by atoms with E-state index in [0.29, 0.717) is 30.2 Å². The van der Waals surface area contributed by atoms with Gasteiger partial charge in [0.25, 0.3) is 0 Å². The molecule has 4 rings (SSSR count). The summed E-state index contributed by atoms with van der Waals surface area (Å²) in [6.45, 7) is 3.08. The summed E-state index contributed by atoms with van der Waals surface area (Å²) >= 11 is 0. The number of ether oxygens (including phenoxy) is 2. The maximum Gasteiger partial charge on any atom is 0.154 e. The van der Waals surface area contributed by atoms with Gasteiger partial charge < -0.3 is 20.1 Å². The number of morpholine rings is 1. The third-order valence-corrected chi connectivity index (χ3v) is 5.74. The van der Waals surface area contributed by atoms with Crippen molar-refractivity contribution in [3.05, 3.63) is 42.7 Å². The van der Waals surface area contributed by atoms with E-state index >= 15 is 0 Å². The lowest BCUT2D eigenvalue weighted by molar-refractivity contribution is 0.0372. The molecule has 9 nitrogen and oxygen atoms in total. The number of hydrogen-bond acceptors (Lipinski definition) is 9. The number of nitrogens with one attached hydrogen (secondary N) is 2. The number of anilines is 1. The lowest BCUT2D eigenvalue weighted by atomic mass is 10.1. The number of nitrogens with zero attached hydrogens (tertiary/aromatic N) is 3. The Kier molecular flexibility index (Phi) is 8.24. The van der Waals surface area contributed by atoms with E-state index in [1.54, 1.807) is 24.5 Å². The smallest absolute Gasteiger partial charge is 0.154 e. The summed E-state index contributed by atoms with van der Waals surface area (Å²) in [6, 6.07) is 9.27. The van der Waals surface area contributed by atoms with E-state index in [2.05, 4.69) is 20.6 Å². The van der Waals surface area contributed by atoms with Gasteiger partial charge in [-0.15, -0.1) is 0 Å². The summed E-state index contributed by atoms with van der Waals surface area (Å²) < 4.78 is 33.7. The standard InChI is InChI=1S/C21H25N5O4S.H2S/c1-31(27,28)11-10-30-16-4-2-15(3-5-16)18-12-19-20(24-7-6-23-19)21(26-18)25-14-17-13-22-8-9-29-17;/h2-7,12,17,22H,8-11,13-14H2,1H3,(H,25,26);1H2/t17-;/m0./s1. The van der Waals surface area contributed by atoms with Gasteiger partial charge in [-0.3, -0.25) is 4.98 Å². The molecule has 0 unspecified atom stereocenters. The Morgan fingerprint density at radius 2 is 2.00 bits per heavy atom. The SMILES string of the molecule is CS(=O)(=O)CCOc1ccc(-c2cc3nccnc3c(NC[C@@H]3CNCCO3)n2)cc1.S. The number of benzene rings is 1. The van der Waals surface area contributed by atoms with Crippen LogP contribution in [0.5, 0.6) is 5.75 Å². The molecule has 3 aromatic rings. The molecule has 2 N–H and O–H groups in total. The third-order valence-electron chi connectivity index (χ3n) is 4.83. The lowest BCUT2D eigenvalue weighted by Gasteiger charge is -2.24. The molecule has 1 aliphatic heterocycles. The van der Waals surface area contributed by atoms with E-state index in [0.717, 1.165) is 29.9 Å². The molecule has 11 heteroatoms. The summed E-state index contributed by atoms with van der Waals surface area (Å²) in [6.07, 6.45) is 4.56. The first-order valence-corrected chi connectivity index (χ1v) is 12.1. The Hall–Kier alpha value is -2.47. The molecule has 1 atom stereocenters. The Morgan fingerprint density at radius 1 is 1.22 bits per heavy atom. The van der Waals surface area contributed by atoms with Crippen LogP contribution in [0.25, 0.3) is 22.3 Å². The number of pyridine rings is 1. The van der Waals surface area contributed by atoms with Crippen LogP contribution in [-0.4, -0.2) is 74.3 Å². The lowest BCUT2D eigenvalue weighted by Crippen LogP contribution is -2.42. The van der Waals surface area contributed by atoms with Crippen LogP contribution in [0.4, 0.5) is 5.82 Å². The van der Waals surface area contributed by atoms with Crippen LogP contribution in [0.2, 0.25) is 0 Å². The van der Waals surface area contributed by atoms with Crippen LogP contribution >= 0.6 is 13.5 Å². The van der Waals surface area contributed by atoms with E-state index in [4.69, 9.17) is 14.5 Å². The highest BCUT2D eigenvalue weighted by Gasteiger charge is 2.15. The van der Waals surface area contributed by atoms with Crippen LogP contribution in [0, 0.1) is 0 Å². The van der Waals surface area contributed by atoms with Gasteiger partial charge in [0.2, 0.25) is 0 Å². The second-order valence-corrected chi connectivity index (χ2v) is 9.62. The number of aromatic nitrogens is 3. The van der Waals surface area contributed by atoms with E-state index in [1.807, 2.05) is 18.2 Å². The maximum atomic E-state index is 11.2. The van der Waals surface area contributed by atoms with Crippen LogP contribution in [0.1, 0.15) is 0 Å². The fraction of sp³-hybridized carbons (Fsp3) is 0.381. The van der Waals surface area contributed by atoms with Crippen molar-refractivity contribution in [2.24, 2.45) is 0 Å². The highest BCUT2D eigenvalue weighted by atomic mass is 32.2. The molecule has 1 aromatic carbocycles. The summed E-state index contributed by atoms with van der Waals surface area (Å²) in [5.74, 6) is 1.24. The summed E-state index contributed by atoms with van der Waals surface area (Å²) in [4.78, 5) is 13.6. The quantitative estimate of drug-likeness (QED) is 0.499. The van der Waals surface area contributed by atoms with E-state index < -0.39 is 9.84 Å². The zero-order chi connectivity index (χ0) is 21.7. The van der Waals surface area contributed by atoms with E-state index in [9.17, 15) is 8.42 Å². The number of rotatable bonds is 8. The minimum absolute atomic E-state index is 0. The van der Waals surface area contributed by atoms with Crippen molar-refractivity contribution in [1.29, 1.82) is 0 Å². The highest BCUT2D eigenvalue weighted by molar-refractivity contribution is 7.90. The zero-order valence-corrected chi connectivity index (χ0v) is 19.6. The van der Waals surface area contributed by atoms with Crippen molar-refractivity contribution in [3.8, 4) is 17.0 Å². The number of hydrogen-bond donors (Lipinski definition) is 2. The Labute approximate surface area is 194 Å². The second kappa shape index (κ2) is 10.9. The zero-order valence-electron chi connectivity index (χ0n) is 17.7. The molecule has 0 saturated carbocycles. The molecule has 2 aromatic heterocycles. The molecule has 1 fully saturated rings. The molecule has 0 aliphatic carbocycles. The van der Waals surface area contributed by atoms with Crippen LogP contribution in [-0.2, 0) is 14.6 Å². The van der Waals surface area contributed by atoms with Gasteiger partial charge in [0.05, 0.1) is 29.7 Å². The van der Waals surface area contributed by atoms with Gasteiger partial charge in [0.15, 0.2) is 15.7 Å². The summed E-state index contributed by atoms with van der Waals surface area (Å²) in [7, 11) is -3.05. The molecule has 3 heterocycles. The minimum atomic E-state index is -3.05. The van der Waals surface area contributed by atoms with Gasteiger partial charge in [0.1, 0.15) is 17.9 Å². The molecule has 0 bridgehead atoms. The molecule has 172 valence electrons. The van der Waals surface area contributed by atoms with Gasteiger partial charge in [-0.05, 0) is 30.3 Å². The van der Waals surface area contributed by atoms with Crippen molar-refractivity contribution in [2.75, 3.05) is 50.2 Å². The average molecular weight is 478 g/mol. The predicted molar refractivity (Wildman–Crippen MR) is 129 cm³/mol. The van der Waals surface area contributed by atoms with Gasteiger partial charge in [-0.2, -0.15) is 13.5 Å². The molecule has 1 saturated heterocycles. The topological polar surface area (TPSA) is 115 Å². The number of sulfone groups is 1. The fourth-order valence-corrected chi connectivity index (χ4v) is 3.62. The molecular weight excluding hydrogens is 450 g/mol.